The van der Waals surface area contributed by atoms with E-state index in [0.717, 1.165) is 10.8 Å². The summed E-state index contributed by atoms with van der Waals surface area (Å²) in [6.07, 6.45) is 0. The van der Waals surface area contributed by atoms with Crippen LogP contribution in [0, 0.1) is 0 Å². The first kappa shape index (κ1) is 17.1. The quantitative estimate of drug-likeness (QED) is 0.375. The molecule has 4 aromatic rings. The molecule has 0 aliphatic rings. The van der Waals surface area contributed by atoms with Crippen molar-refractivity contribution >= 4 is 37.0 Å². The zero-order valence-corrected chi connectivity index (χ0v) is 14.8. The Labute approximate surface area is 155 Å². The maximum atomic E-state index is 12.4. The first-order chi connectivity index (χ1) is 13.0. The predicted octanol–water partition coefficient (Wildman–Crippen LogP) is 4.90. The standard InChI is InChI=1S/C21H14O5S/c22-21(25-19-13-5-9-15-7-1-3-11-17(15)19)27(23,24)26-20-14-6-10-16-8-2-4-12-18(16)20/h1-14H. The van der Waals surface area contributed by atoms with Gasteiger partial charge in [-0.2, -0.15) is 8.42 Å². The van der Waals surface area contributed by atoms with Crippen molar-refractivity contribution in [3.63, 3.8) is 0 Å². The summed E-state index contributed by atoms with van der Waals surface area (Å²) in [5.41, 5.74) is 0. The maximum absolute atomic E-state index is 12.4. The summed E-state index contributed by atoms with van der Waals surface area (Å²) in [4.78, 5) is 12.3. The Balaban J connectivity index is 1.64. The summed E-state index contributed by atoms with van der Waals surface area (Å²) in [5, 5.41) is 1.38. The van der Waals surface area contributed by atoms with Gasteiger partial charge in [0.05, 0.1) is 0 Å². The molecule has 0 amide bonds. The van der Waals surface area contributed by atoms with Crippen LogP contribution in [0.4, 0.5) is 4.79 Å². The van der Waals surface area contributed by atoms with Gasteiger partial charge in [-0.3, -0.25) is 0 Å². The van der Waals surface area contributed by atoms with E-state index in [0.29, 0.717) is 10.8 Å². The highest BCUT2D eigenvalue weighted by Gasteiger charge is 2.28. The van der Waals surface area contributed by atoms with Gasteiger partial charge in [0.1, 0.15) is 5.75 Å². The molecule has 4 rings (SSSR count). The predicted molar refractivity (Wildman–Crippen MR) is 103 cm³/mol. The molecule has 0 aliphatic heterocycles. The molecule has 0 spiro atoms. The highest BCUT2D eigenvalue weighted by Crippen LogP contribution is 2.28. The monoisotopic (exact) mass is 378 g/mol. The molecule has 0 fully saturated rings. The zero-order chi connectivity index (χ0) is 18.9. The van der Waals surface area contributed by atoms with Gasteiger partial charge >= 0.3 is 15.4 Å². The number of carbonyl (C=O) groups excluding carboxylic acids is 1. The largest absolute Gasteiger partial charge is 0.469 e. The number of rotatable bonds is 3. The molecule has 0 radical (unpaired) electrons. The molecule has 4 aromatic carbocycles. The van der Waals surface area contributed by atoms with E-state index in [1.807, 2.05) is 36.4 Å². The molecule has 27 heavy (non-hydrogen) atoms. The van der Waals surface area contributed by atoms with Gasteiger partial charge in [-0.1, -0.05) is 72.8 Å². The van der Waals surface area contributed by atoms with Crippen molar-refractivity contribution in [2.75, 3.05) is 0 Å². The fraction of sp³-hybridized carbons (Fsp3) is 0. The molecule has 0 heterocycles. The molecule has 0 N–H and O–H groups in total. The number of hydrogen-bond acceptors (Lipinski definition) is 5. The third kappa shape index (κ3) is 3.35. The van der Waals surface area contributed by atoms with E-state index in [-0.39, 0.29) is 11.5 Å². The molecule has 0 saturated carbocycles. The van der Waals surface area contributed by atoms with Crippen LogP contribution in [0.3, 0.4) is 0 Å². The van der Waals surface area contributed by atoms with Gasteiger partial charge in [0, 0.05) is 10.8 Å². The second-order valence-electron chi connectivity index (χ2n) is 5.84. The van der Waals surface area contributed by atoms with Crippen LogP contribution >= 0.6 is 0 Å². The molecule has 134 valence electrons. The topological polar surface area (TPSA) is 69.7 Å². The molecular weight excluding hydrogens is 364 g/mol. The summed E-state index contributed by atoms with van der Waals surface area (Å²) < 4.78 is 35.0. The Morgan fingerprint density at radius 3 is 1.74 bits per heavy atom. The van der Waals surface area contributed by atoms with Crippen LogP contribution < -0.4 is 8.92 Å². The zero-order valence-electron chi connectivity index (χ0n) is 14.0. The number of benzene rings is 4. The van der Waals surface area contributed by atoms with Crippen molar-refractivity contribution in [3.05, 3.63) is 84.9 Å². The minimum absolute atomic E-state index is 0.0722. The van der Waals surface area contributed by atoms with Crippen LogP contribution in [0.5, 0.6) is 11.5 Å². The van der Waals surface area contributed by atoms with E-state index < -0.39 is 15.4 Å². The van der Waals surface area contributed by atoms with Crippen molar-refractivity contribution in [2.45, 2.75) is 0 Å². The summed E-state index contributed by atoms with van der Waals surface area (Å²) in [7, 11) is -4.63. The Hall–Kier alpha value is -3.38. The molecule has 0 saturated heterocycles. The first-order valence-electron chi connectivity index (χ1n) is 8.16. The summed E-state index contributed by atoms with van der Waals surface area (Å²) in [6, 6.07) is 24.4. The van der Waals surface area contributed by atoms with Crippen molar-refractivity contribution in [2.24, 2.45) is 0 Å². The van der Waals surface area contributed by atoms with E-state index in [9.17, 15) is 13.2 Å². The SMILES string of the molecule is O=C(Oc1cccc2ccccc12)S(=O)(=O)Oc1cccc2ccccc12. The summed E-state index contributed by atoms with van der Waals surface area (Å²) in [5.74, 6) is 0.228. The average molecular weight is 378 g/mol. The summed E-state index contributed by atoms with van der Waals surface area (Å²) >= 11 is 0. The van der Waals surface area contributed by atoms with Crippen LogP contribution in [-0.4, -0.2) is 13.7 Å². The molecule has 0 aliphatic carbocycles. The molecular formula is C21H14O5S. The number of carbonyl (C=O) groups is 1. The van der Waals surface area contributed by atoms with Gasteiger partial charge in [-0.15, -0.1) is 0 Å². The fourth-order valence-corrected chi connectivity index (χ4v) is 3.49. The van der Waals surface area contributed by atoms with Gasteiger partial charge in [0.25, 0.3) is 0 Å². The third-order valence-corrected chi connectivity index (χ3v) is 4.99. The molecule has 6 heteroatoms. The highest BCUT2D eigenvalue weighted by molar-refractivity contribution is 8.01. The number of hydrogen-bond donors (Lipinski definition) is 0. The smallest absolute Gasteiger partial charge is 0.412 e. The van der Waals surface area contributed by atoms with E-state index >= 15 is 0 Å². The lowest BCUT2D eigenvalue weighted by Gasteiger charge is -2.10. The van der Waals surface area contributed by atoms with Crippen LogP contribution in [0.15, 0.2) is 84.9 Å². The second-order valence-corrected chi connectivity index (χ2v) is 7.25. The van der Waals surface area contributed by atoms with Crippen molar-refractivity contribution in [1.82, 2.24) is 0 Å². The Morgan fingerprint density at radius 1 is 0.630 bits per heavy atom. The van der Waals surface area contributed by atoms with Crippen LogP contribution in [0.1, 0.15) is 0 Å². The lowest BCUT2D eigenvalue weighted by Crippen LogP contribution is -2.24. The van der Waals surface area contributed by atoms with Crippen LogP contribution in [0.2, 0.25) is 0 Å². The first-order valence-corrected chi connectivity index (χ1v) is 9.57. The van der Waals surface area contributed by atoms with Gasteiger partial charge in [0.15, 0.2) is 5.75 Å². The Kier molecular flexibility index (Phi) is 4.25. The molecule has 0 aromatic heterocycles. The van der Waals surface area contributed by atoms with E-state index in [2.05, 4.69) is 0 Å². The lowest BCUT2D eigenvalue weighted by atomic mass is 10.1. The fourth-order valence-electron chi connectivity index (χ4n) is 2.85. The van der Waals surface area contributed by atoms with Gasteiger partial charge < -0.3 is 8.92 Å². The lowest BCUT2D eigenvalue weighted by molar-refractivity contribution is 0.222. The van der Waals surface area contributed by atoms with Gasteiger partial charge in [-0.05, 0) is 22.9 Å². The summed E-state index contributed by atoms with van der Waals surface area (Å²) in [6.45, 7) is 0. The minimum atomic E-state index is -4.63. The molecule has 0 unspecified atom stereocenters. The van der Waals surface area contributed by atoms with E-state index in [1.165, 1.54) is 12.1 Å². The van der Waals surface area contributed by atoms with Crippen LogP contribution in [-0.2, 0) is 10.1 Å². The van der Waals surface area contributed by atoms with E-state index in [1.54, 1.807) is 36.4 Å². The van der Waals surface area contributed by atoms with E-state index in [4.69, 9.17) is 8.92 Å². The third-order valence-electron chi connectivity index (χ3n) is 4.10. The van der Waals surface area contributed by atoms with Gasteiger partial charge in [0.2, 0.25) is 0 Å². The Morgan fingerprint density at radius 2 is 1.11 bits per heavy atom. The maximum Gasteiger partial charge on any atom is 0.469 e. The molecule has 0 atom stereocenters. The van der Waals surface area contributed by atoms with Gasteiger partial charge in [-0.25, -0.2) is 4.79 Å². The van der Waals surface area contributed by atoms with Crippen molar-refractivity contribution in [3.8, 4) is 11.5 Å². The normalized spacial score (nSPS) is 11.4. The Bertz CT molecular complexity index is 1250. The molecule has 5 nitrogen and oxygen atoms in total. The molecule has 0 bridgehead atoms. The van der Waals surface area contributed by atoms with Crippen molar-refractivity contribution < 1.29 is 22.1 Å². The average Bonchev–Trinajstić information content (AvgIpc) is 2.68. The number of fused-ring (bicyclic) bond motifs is 2. The second kappa shape index (κ2) is 6.74. The van der Waals surface area contributed by atoms with Crippen LogP contribution in [0.25, 0.3) is 21.5 Å². The van der Waals surface area contributed by atoms with Crippen molar-refractivity contribution in [1.29, 1.82) is 0 Å². The minimum Gasteiger partial charge on any atom is -0.412 e. The number of ether oxygens (including phenoxy) is 1. The highest BCUT2D eigenvalue weighted by atomic mass is 32.2.